The molecule has 0 saturated heterocycles. The van der Waals surface area contributed by atoms with Gasteiger partial charge in [0.25, 0.3) is 17.6 Å². The number of amides is 2. The largest absolute Gasteiger partial charge is 0.475 e. The number of carbonyl (C=O) groups excluding carboxylic acids is 3. The molecular formula is C21H16N2O5. The van der Waals surface area contributed by atoms with Gasteiger partial charge in [0.1, 0.15) is 0 Å². The van der Waals surface area contributed by atoms with Crippen LogP contribution in [0.25, 0.3) is 10.9 Å². The zero-order chi connectivity index (χ0) is 19.8. The predicted molar refractivity (Wildman–Crippen MR) is 100 cm³/mol. The van der Waals surface area contributed by atoms with E-state index in [9.17, 15) is 19.2 Å². The van der Waals surface area contributed by atoms with Crippen molar-refractivity contribution in [1.82, 2.24) is 9.47 Å². The van der Waals surface area contributed by atoms with Crippen LogP contribution in [0.2, 0.25) is 0 Å². The lowest BCUT2D eigenvalue weighted by atomic mass is 10.1. The molecule has 0 radical (unpaired) electrons. The Hall–Kier alpha value is -3.74. The second-order valence-corrected chi connectivity index (χ2v) is 6.55. The molecule has 7 nitrogen and oxygen atoms in total. The highest BCUT2D eigenvalue weighted by molar-refractivity contribution is 6.42. The van der Waals surface area contributed by atoms with E-state index in [0.29, 0.717) is 29.5 Å². The van der Waals surface area contributed by atoms with Crippen LogP contribution in [0.15, 0.2) is 54.7 Å². The molecule has 4 rings (SSSR count). The fourth-order valence-corrected chi connectivity index (χ4v) is 3.57. The molecule has 28 heavy (non-hydrogen) atoms. The molecule has 1 N–H and O–H groups in total. The first-order valence-corrected chi connectivity index (χ1v) is 8.79. The number of imide groups is 1. The van der Waals surface area contributed by atoms with E-state index >= 15 is 0 Å². The number of hydrogen-bond donors (Lipinski definition) is 1. The van der Waals surface area contributed by atoms with Gasteiger partial charge >= 0.3 is 5.97 Å². The molecule has 1 aliphatic rings. The number of nitrogens with zero attached hydrogens (tertiary/aromatic N) is 2. The van der Waals surface area contributed by atoms with Crippen LogP contribution in [0.4, 0.5) is 0 Å². The summed E-state index contributed by atoms with van der Waals surface area (Å²) in [6.07, 6.45) is 1.99. The Bertz CT molecular complexity index is 1110. The second kappa shape index (κ2) is 6.77. The maximum Gasteiger partial charge on any atom is 0.377 e. The molecule has 0 unspecified atom stereocenters. The van der Waals surface area contributed by atoms with Crippen LogP contribution < -0.4 is 0 Å². The van der Waals surface area contributed by atoms with Crippen molar-refractivity contribution in [3.05, 3.63) is 71.4 Å². The minimum Gasteiger partial charge on any atom is -0.475 e. The van der Waals surface area contributed by atoms with E-state index < -0.39 is 11.8 Å². The number of Topliss-reactive ketones (excluding diaryl/α,β-unsaturated/α-hetero) is 1. The first-order chi connectivity index (χ1) is 13.5. The highest BCUT2D eigenvalue weighted by Crippen LogP contribution is 2.24. The van der Waals surface area contributed by atoms with Crippen molar-refractivity contribution in [2.24, 2.45) is 0 Å². The number of aliphatic carboxylic acids is 1. The second-order valence-electron chi connectivity index (χ2n) is 6.55. The summed E-state index contributed by atoms with van der Waals surface area (Å²) in [6.45, 7) is 0.669. The van der Waals surface area contributed by atoms with Crippen molar-refractivity contribution < 1.29 is 24.3 Å². The number of aryl methyl sites for hydroxylation is 1. The molecule has 0 aliphatic carbocycles. The van der Waals surface area contributed by atoms with Crippen LogP contribution in [-0.2, 0) is 11.3 Å². The lowest BCUT2D eigenvalue weighted by molar-refractivity contribution is -0.131. The van der Waals surface area contributed by atoms with Crippen molar-refractivity contribution >= 4 is 34.5 Å². The number of para-hydroxylation sites is 1. The molecule has 2 heterocycles. The molecule has 0 spiro atoms. The summed E-state index contributed by atoms with van der Waals surface area (Å²) in [5.74, 6) is -3.08. The van der Waals surface area contributed by atoms with E-state index in [0.717, 1.165) is 5.52 Å². The monoisotopic (exact) mass is 376 g/mol. The first kappa shape index (κ1) is 17.7. The molecule has 2 amide bonds. The van der Waals surface area contributed by atoms with E-state index in [2.05, 4.69) is 0 Å². The molecular weight excluding hydrogens is 360 g/mol. The molecule has 7 heteroatoms. The number of fused-ring (bicyclic) bond motifs is 2. The van der Waals surface area contributed by atoms with Crippen molar-refractivity contribution in [3.63, 3.8) is 0 Å². The average molecular weight is 376 g/mol. The predicted octanol–water partition coefficient (Wildman–Crippen LogP) is 2.59. The third-order valence-corrected chi connectivity index (χ3v) is 4.89. The summed E-state index contributed by atoms with van der Waals surface area (Å²) in [5.41, 5.74) is 1.68. The van der Waals surface area contributed by atoms with Gasteiger partial charge in [0.2, 0.25) is 0 Å². The van der Waals surface area contributed by atoms with Gasteiger partial charge in [-0.25, -0.2) is 4.79 Å². The van der Waals surface area contributed by atoms with Gasteiger partial charge in [0, 0.05) is 30.2 Å². The molecule has 3 aromatic rings. The lowest BCUT2D eigenvalue weighted by Gasteiger charge is -2.14. The number of aromatic nitrogens is 1. The Morgan fingerprint density at radius 1 is 0.857 bits per heavy atom. The highest BCUT2D eigenvalue weighted by atomic mass is 16.4. The summed E-state index contributed by atoms with van der Waals surface area (Å²) < 4.78 is 1.78. The van der Waals surface area contributed by atoms with E-state index in [4.69, 9.17) is 5.11 Å². The van der Waals surface area contributed by atoms with E-state index in [-0.39, 0.29) is 23.9 Å². The van der Waals surface area contributed by atoms with Crippen LogP contribution in [0.5, 0.6) is 0 Å². The number of ketones is 1. The Morgan fingerprint density at radius 3 is 2.11 bits per heavy atom. The van der Waals surface area contributed by atoms with Gasteiger partial charge in [-0.3, -0.25) is 19.3 Å². The Kier molecular flexibility index (Phi) is 4.27. The number of carboxylic acid groups (broad SMARTS) is 1. The maximum atomic E-state index is 12.4. The van der Waals surface area contributed by atoms with Gasteiger partial charge in [-0.2, -0.15) is 0 Å². The fraction of sp³-hybridized carbons (Fsp3) is 0.143. The topological polar surface area (TPSA) is 96.7 Å². The molecule has 0 saturated carbocycles. The van der Waals surface area contributed by atoms with Gasteiger partial charge in [-0.15, -0.1) is 0 Å². The van der Waals surface area contributed by atoms with Crippen LogP contribution in [0.1, 0.15) is 37.5 Å². The minimum absolute atomic E-state index is 0.129. The van der Waals surface area contributed by atoms with E-state index in [1.165, 1.54) is 11.1 Å². The normalized spacial score (nSPS) is 13.2. The molecule has 2 aromatic carbocycles. The Morgan fingerprint density at radius 2 is 1.46 bits per heavy atom. The van der Waals surface area contributed by atoms with E-state index in [1.54, 1.807) is 53.1 Å². The Balaban J connectivity index is 1.53. The minimum atomic E-state index is -1.51. The van der Waals surface area contributed by atoms with Crippen LogP contribution >= 0.6 is 0 Å². The first-order valence-electron chi connectivity index (χ1n) is 8.79. The molecule has 1 aliphatic heterocycles. The number of carbonyl (C=O) groups is 4. The smallest absolute Gasteiger partial charge is 0.377 e. The van der Waals surface area contributed by atoms with Crippen LogP contribution in [0.3, 0.4) is 0 Å². The maximum absolute atomic E-state index is 12.4. The van der Waals surface area contributed by atoms with Gasteiger partial charge in [0.15, 0.2) is 0 Å². The SMILES string of the molecule is O=C(O)C(=O)c1cn(CCCN2C(=O)c3ccccc3C2=O)c2ccccc12. The summed E-state index contributed by atoms with van der Waals surface area (Å²) >= 11 is 0. The molecule has 0 fully saturated rings. The van der Waals surface area contributed by atoms with Crippen molar-refractivity contribution in [2.75, 3.05) is 6.54 Å². The third-order valence-electron chi connectivity index (χ3n) is 4.89. The lowest BCUT2D eigenvalue weighted by Crippen LogP contribution is -2.31. The van der Waals surface area contributed by atoms with Gasteiger partial charge in [-0.05, 0) is 24.6 Å². The number of benzene rings is 2. The van der Waals surface area contributed by atoms with Gasteiger partial charge in [-0.1, -0.05) is 30.3 Å². The highest BCUT2D eigenvalue weighted by Gasteiger charge is 2.34. The molecule has 0 atom stereocenters. The molecule has 1 aromatic heterocycles. The third kappa shape index (κ3) is 2.77. The van der Waals surface area contributed by atoms with E-state index in [1.807, 2.05) is 0 Å². The molecule has 140 valence electrons. The standard InChI is InChI=1S/C21H16N2O5/c24-18(21(27)28)16-12-22(17-9-4-3-6-13(16)17)10-5-11-23-19(25)14-7-1-2-8-15(14)20(23)26/h1-4,6-9,12H,5,10-11H2,(H,27,28). The van der Waals surface area contributed by atoms with Crippen molar-refractivity contribution in [1.29, 1.82) is 0 Å². The molecule has 0 bridgehead atoms. The fourth-order valence-electron chi connectivity index (χ4n) is 3.57. The average Bonchev–Trinajstić information content (AvgIpc) is 3.19. The summed E-state index contributed by atoms with van der Waals surface area (Å²) in [7, 11) is 0. The van der Waals surface area contributed by atoms with Crippen molar-refractivity contribution in [2.45, 2.75) is 13.0 Å². The van der Waals surface area contributed by atoms with Gasteiger partial charge in [0.05, 0.1) is 16.7 Å². The zero-order valence-electron chi connectivity index (χ0n) is 14.8. The summed E-state index contributed by atoms with van der Waals surface area (Å²) in [5, 5.41) is 9.59. The van der Waals surface area contributed by atoms with Crippen LogP contribution in [-0.4, -0.2) is 44.7 Å². The quantitative estimate of drug-likeness (QED) is 0.405. The zero-order valence-corrected chi connectivity index (χ0v) is 14.8. The number of hydrogen-bond acceptors (Lipinski definition) is 4. The van der Waals surface area contributed by atoms with Gasteiger partial charge < -0.3 is 9.67 Å². The Labute approximate surface area is 159 Å². The summed E-state index contributed by atoms with van der Waals surface area (Å²) in [4.78, 5) is 49.1. The van der Waals surface area contributed by atoms with Crippen molar-refractivity contribution in [3.8, 4) is 0 Å². The number of carboxylic acids is 1. The summed E-state index contributed by atoms with van der Waals surface area (Å²) in [6, 6.07) is 13.8. The van der Waals surface area contributed by atoms with Crippen LogP contribution in [0, 0.1) is 0 Å². The number of rotatable bonds is 6.